The second-order valence-electron chi connectivity index (χ2n) is 6.41. The fourth-order valence-corrected chi connectivity index (χ4v) is 3.57. The van der Waals surface area contributed by atoms with Crippen molar-refractivity contribution in [3.63, 3.8) is 0 Å². The topological polar surface area (TPSA) is 73.1 Å². The lowest BCUT2D eigenvalue weighted by Crippen LogP contribution is -2.42. The maximum Gasteiger partial charge on any atom is 0.255 e. The lowest BCUT2D eigenvalue weighted by atomic mass is 10.1. The molecular weight excluding hydrogens is 401 g/mol. The first kappa shape index (κ1) is 18.7. The van der Waals surface area contributed by atoms with Crippen LogP contribution in [-0.4, -0.2) is 50.0 Å². The summed E-state index contributed by atoms with van der Waals surface area (Å²) in [6.45, 7) is 1.17. The lowest BCUT2D eigenvalue weighted by molar-refractivity contribution is 0.0586. The van der Waals surface area contributed by atoms with Crippen LogP contribution in [0.4, 0.5) is 0 Å². The Hall–Kier alpha value is -2.64. The Balaban J connectivity index is 1.33. The van der Waals surface area contributed by atoms with Crippen LogP contribution in [0.1, 0.15) is 23.2 Å². The van der Waals surface area contributed by atoms with Gasteiger partial charge in [-0.05, 0) is 30.3 Å². The molecule has 2 aromatic heterocycles. The molecule has 144 valence electrons. The number of rotatable bonds is 4. The summed E-state index contributed by atoms with van der Waals surface area (Å²) in [5.74, 6) is 0.988. The van der Waals surface area contributed by atoms with Crippen molar-refractivity contribution < 1.29 is 9.53 Å². The second kappa shape index (κ2) is 8.16. The highest BCUT2D eigenvalue weighted by atomic mass is 35.5. The summed E-state index contributed by atoms with van der Waals surface area (Å²) in [5.41, 5.74) is 0.463. The van der Waals surface area contributed by atoms with Crippen LogP contribution in [0.25, 0.3) is 5.82 Å². The summed E-state index contributed by atoms with van der Waals surface area (Å²) in [6, 6.07) is 10.3. The minimum absolute atomic E-state index is 0.0189. The van der Waals surface area contributed by atoms with Gasteiger partial charge in [0.15, 0.2) is 5.82 Å². The third kappa shape index (κ3) is 4.10. The molecule has 0 unspecified atom stereocenters. The number of aromatic nitrogens is 4. The molecule has 0 N–H and O–H groups in total. The van der Waals surface area contributed by atoms with E-state index in [1.165, 1.54) is 0 Å². The van der Waals surface area contributed by atoms with Crippen LogP contribution in [-0.2, 0) is 0 Å². The molecule has 1 fully saturated rings. The molecule has 4 rings (SSSR count). The number of ether oxygens (including phenoxy) is 1. The summed E-state index contributed by atoms with van der Waals surface area (Å²) < 4.78 is 7.54. The number of amides is 1. The molecule has 1 amide bonds. The number of benzene rings is 1. The van der Waals surface area contributed by atoms with Gasteiger partial charge in [-0.1, -0.05) is 23.2 Å². The fourth-order valence-electron chi connectivity index (χ4n) is 3.08. The standard InChI is InChI=1S/C19H17Cl2N5O2/c20-13-2-3-15(16(21)12-13)19(27)25-10-6-14(7-11-25)28-18-5-4-17(23-24-18)26-9-1-8-22-26/h1-5,8-9,12,14H,6-7,10-11H2. The Morgan fingerprint density at radius 1 is 1.11 bits per heavy atom. The van der Waals surface area contributed by atoms with E-state index in [2.05, 4.69) is 15.3 Å². The molecule has 0 saturated carbocycles. The number of carbonyl (C=O) groups is 1. The van der Waals surface area contributed by atoms with Crippen molar-refractivity contribution in [2.75, 3.05) is 13.1 Å². The quantitative estimate of drug-likeness (QED) is 0.647. The highest BCUT2D eigenvalue weighted by Gasteiger charge is 2.26. The van der Waals surface area contributed by atoms with Gasteiger partial charge in [-0.25, -0.2) is 4.68 Å². The minimum atomic E-state index is -0.0940. The Kier molecular flexibility index (Phi) is 5.45. The number of carbonyl (C=O) groups excluding carboxylic acids is 1. The van der Waals surface area contributed by atoms with Gasteiger partial charge in [-0.3, -0.25) is 4.79 Å². The van der Waals surface area contributed by atoms with E-state index in [1.807, 2.05) is 6.07 Å². The summed E-state index contributed by atoms with van der Waals surface area (Å²) in [5, 5.41) is 13.2. The normalized spacial score (nSPS) is 14.9. The van der Waals surface area contributed by atoms with E-state index in [-0.39, 0.29) is 12.0 Å². The first-order chi connectivity index (χ1) is 13.6. The molecule has 9 heteroatoms. The van der Waals surface area contributed by atoms with Gasteiger partial charge in [0.1, 0.15) is 6.10 Å². The number of nitrogens with zero attached hydrogens (tertiary/aromatic N) is 5. The molecule has 1 aliphatic heterocycles. The Labute approximate surface area is 171 Å². The van der Waals surface area contributed by atoms with Crippen LogP contribution in [0.2, 0.25) is 10.0 Å². The molecule has 0 atom stereocenters. The maximum atomic E-state index is 12.7. The van der Waals surface area contributed by atoms with Crippen molar-refractivity contribution in [2.24, 2.45) is 0 Å². The summed E-state index contributed by atoms with van der Waals surface area (Å²) in [6.07, 6.45) is 4.87. The third-order valence-corrected chi connectivity index (χ3v) is 5.09. The van der Waals surface area contributed by atoms with Crippen molar-refractivity contribution in [1.82, 2.24) is 24.9 Å². The Morgan fingerprint density at radius 3 is 2.57 bits per heavy atom. The lowest BCUT2D eigenvalue weighted by Gasteiger charge is -2.32. The number of halogens is 2. The van der Waals surface area contributed by atoms with E-state index in [0.717, 1.165) is 0 Å². The molecule has 0 radical (unpaired) electrons. The number of piperidine rings is 1. The number of hydrogen-bond acceptors (Lipinski definition) is 5. The van der Waals surface area contributed by atoms with E-state index < -0.39 is 0 Å². The van der Waals surface area contributed by atoms with Crippen LogP contribution in [0.5, 0.6) is 5.88 Å². The fraction of sp³-hybridized carbons (Fsp3) is 0.263. The highest BCUT2D eigenvalue weighted by molar-refractivity contribution is 6.36. The third-order valence-electron chi connectivity index (χ3n) is 4.54. The number of hydrogen-bond donors (Lipinski definition) is 0. The largest absolute Gasteiger partial charge is 0.473 e. The van der Waals surface area contributed by atoms with Crippen molar-refractivity contribution in [3.05, 3.63) is 64.4 Å². The molecule has 0 aliphatic carbocycles. The van der Waals surface area contributed by atoms with Gasteiger partial charge in [0.05, 0.1) is 10.6 Å². The molecule has 1 saturated heterocycles. The van der Waals surface area contributed by atoms with Crippen LogP contribution >= 0.6 is 23.2 Å². The van der Waals surface area contributed by atoms with Gasteiger partial charge in [0.2, 0.25) is 5.88 Å². The van der Waals surface area contributed by atoms with Crippen molar-refractivity contribution in [1.29, 1.82) is 0 Å². The first-order valence-corrected chi connectivity index (χ1v) is 9.60. The van der Waals surface area contributed by atoms with Crippen LogP contribution in [0.3, 0.4) is 0 Å². The molecular formula is C19H17Cl2N5O2. The average Bonchev–Trinajstić information content (AvgIpc) is 3.24. The molecule has 0 spiro atoms. The summed E-state index contributed by atoms with van der Waals surface area (Å²) in [4.78, 5) is 14.5. The van der Waals surface area contributed by atoms with Gasteiger partial charge >= 0.3 is 0 Å². The van der Waals surface area contributed by atoms with Crippen LogP contribution in [0, 0.1) is 0 Å². The van der Waals surface area contributed by atoms with E-state index in [4.69, 9.17) is 27.9 Å². The smallest absolute Gasteiger partial charge is 0.255 e. The number of likely N-dealkylation sites (tertiary alicyclic amines) is 1. The molecule has 3 aromatic rings. The van der Waals surface area contributed by atoms with Crippen molar-refractivity contribution in [3.8, 4) is 11.7 Å². The van der Waals surface area contributed by atoms with Crippen molar-refractivity contribution >= 4 is 29.1 Å². The molecule has 1 aliphatic rings. The summed E-state index contributed by atoms with van der Waals surface area (Å²) in [7, 11) is 0. The minimum Gasteiger partial charge on any atom is -0.473 e. The molecule has 0 bridgehead atoms. The van der Waals surface area contributed by atoms with Gasteiger partial charge in [-0.15, -0.1) is 10.2 Å². The average molecular weight is 418 g/mol. The van der Waals surface area contributed by atoms with Crippen LogP contribution in [0.15, 0.2) is 48.8 Å². The van der Waals surface area contributed by atoms with E-state index in [0.29, 0.717) is 53.2 Å². The van der Waals surface area contributed by atoms with E-state index in [1.54, 1.807) is 52.3 Å². The van der Waals surface area contributed by atoms with Crippen molar-refractivity contribution in [2.45, 2.75) is 18.9 Å². The van der Waals surface area contributed by atoms with Gasteiger partial charge in [-0.2, -0.15) is 5.10 Å². The van der Waals surface area contributed by atoms with Gasteiger partial charge < -0.3 is 9.64 Å². The molecule has 7 nitrogen and oxygen atoms in total. The van der Waals surface area contributed by atoms with Crippen LogP contribution < -0.4 is 4.74 Å². The Morgan fingerprint density at radius 2 is 1.93 bits per heavy atom. The van der Waals surface area contributed by atoms with Gasteiger partial charge in [0.25, 0.3) is 5.91 Å². The predicted octanol–water partition coefficient (Wildman–Crippen LogP) is 3.65. The highest BCUT2D eigenvalue weighted by Crippen LogP contribution is 2.24. The SMILES string of the molecule is O=C(c1ccc(Cl)cc1Cl)N1CCC(Oc2ccc(-n3cccn3)nn2)CC1. The zero-order valence-corrected chi connectivity index (χ0v) is 16.3. The molecule has 1 aromatic carbocycles. The zero-order chi connectivity index (χ0) is 19.5. The summed E-state index contributed by atoms with van der Waals surface area (Å²) >= 11 is 12.1. The first-order valence-electron chi connectivity index (χ1n) is 8.85. The van der Waals surface area contributed by atoms with E-state index in [9.17, 15) is 4.79 Å². The van der Waals surface area contributed by atoms with Gasteiger partial charge in [0, 0.05) is 49.4 Å². The Bertz CT molecular complexity index is 955. The van der Waals surface area contributed by atoms with E-state index >= 15 is 0 Å². The monoisotopic (exact) mass is 417 g/mol. The predicted molar refractivity (Wildman–Crippen MR) is 105 cm³/mol. The molecule has 3 heterocycles. The second-order valence-corrected chi connectivity index (χ2v) is 7.26. The maximum absolute atomic E-state index is 12.7. The zero-order valence-electron chi connectivity index (χ0n) is 14.8. The molecule has 28 heavy (non-hydrogen) atoms.